The van der Waals surface area contributed by atoms with Crippen LogP contribution in [0.2, 0.25) is 10.3 Å². The van der Waals surface area contributed by atoms with E-state index in [0.717, 1.165) is 5.30 Å². The van der Waals surface area contributed by atoms with Crippen molar-refractivity contribution in [1.29, 1.82) is 0 Å². The normalized spacial score (nSPS) is 12.5. The summed E-state index contributed by atoms with van der Waals surface area (Å²) in [4.78, 5) is 4.01. The number of benzene rings is 1. The van der Waals surface area contributed by atoms with Gasteiger partial charge in [-0.15, -0.1) is 9.24 Å². The van der Waals surface area contributed by atoms with Gasteiger partial charge in [-0.3, -0.25) is 0 Å². The van der Waals surface area contributed by atoms with Crippen molar-refractivity contribution in [3.63, 3.8) is 0 Å². The molecule has 2 rings (SSSR count). The molecule has 0 saturated carbocycles. The molecule has 0 aliphatic heterocycles. The zero-order valence-electron chi connectivity index (χ0n) is 11.4. The summed E-state index contributed by atoms with van der Waals surface area (Å²) in [5.74, 6) is -0.348. The maximum absolute atomic E-state index is 14.2. The lowest BCUT2D eigenvalue weighted by atomic mass is 9.97. The topological polar surface area (TPSA) is 33.1 Å². The minimum Gasteiger partial charge on any atom is -0.393 e. The Morgan fingerprint density at radius 2 is 2.00 bits per heavy atom. The van der Waals surface area contributed by atoms with Gasteiger partial charge in [0.25, 0.3) is 0 Å². The van der Waals surface area contributed by atoms with Crippen LogP contribution in [0.3, 0.4) is 0 Å². The average molecular weight is 346 g/mol. The molecule has 0 aliphatic carbocycles. The largest absolute Gasteiger partial charge is 0.393 e. The second-order valence-electron chi connectivity index (χ2n) is 4.89. The fourth-order valence-electron chi connectivity index (χ4n) is 2.09. The van der Waals surface area contributed by atoms with Gasteiger partial charge in [-0.2, -0.15) is 0 Å². The molecule has 0 fully saturated rings. The van der Waals surface area contributed by atoms with Crippen LogP contribution in [0.4, 0.5) is 4.39 Å². The smallest absolute Gasteiger partial charge is 0.134 e. The molecule has 1 aromatic heterocycles. The van der Waals surface area contributed by atoms with Gasteiger partial charge in [0, 0.05) is 5.56 Å². The molecule has 2 atom stereocenters. The van der Waals surface area contributed by atoms with Gasteiger partial charge in [-0.05, 0) is 48.3 Å². The van der Waals surface area contributed by atoms with Crippen LogP contribution in [-0.2, 0) is 6.42 Å². The molecule has 0 radical (unpaired) electrons. The van der Waals surface area contributed by atoms with Gasteiger partial charge < -0.3 is 5.11 Å². The summed E-state index contributed by atoms with van der Waals surface area (Å²) in [5.41, 5.74) is 1.73. The summed E-state index contributed by atoms with van der Waals surface area (Å²) in [6, 6.07) is 6.52. The fraction of sp³-hybridized carbons (Fsp3) is 0.267. The van der Waals surface area contributed by atoms with Gasteiger partial charge in [-0.25, -0.2) is 9.37 Å². The van der Waals surface area contributed by atoms with E-state index in [1.54, 1.807) is 25.1 Å². The average Bonchev–Trinajstić information content (AvgIpc) is 2.36. The van der Waals surface area contributed by atoms with E-state index < -0.39 is 6.10 Å². The zero-order chi connectivity index (χ0) is 15.6. The SMILES string of the molecule is CC(O)CCc1c(-c2ccc(P)cc2F)cc(Cl)nc1Cl. The highest BCUT2D eigenvalue weighted by atomic mass is 35.5. The molecule has 0 saturated heterocycles. The van der Waals surface area contributed by atoms with E-state index in [0.29, 0.717) is 29.5 Å². The van der Waals surface area contributed by atoms with Crippen LogP contribution in [0.1, 0.15) is 18.9 Å². The quantitative estimate of drug-likeness (QED) is 0.670. The van der Waals surface area contributed by atoms with E-state index in [-0.39, 0.29) is 16.1 Å². The lowest BCUT2D eigenvalue weighted by Crippen LogP contribution is -2.05. The molecule has 1 aromatic carbocycles. The third-order valence-electron chi connectivity index (χ3n) is 3.14. The number of hydrogen-bond donors (Lipinski definition) is 1. The third kappa shape index (κ3) is 4.14. The molecule has 0 amide bonds. The predicted octanol–water partition coefficient (Wildman–Crippen LogP) is 4.01. The Hall–Kier alpha value is -0.730. The standard InChI is InChI=1S/C15H15Cl2FNOP/c1-8(20)2-4-11-12(7-14(16)19-15(11)17)10-5-3-9(21)6-13(10)18/h3,5-8,20H,2,4,21H2,1H3. The Labute approximate surface area is 135 Å². The van der Waals surface area contributed by atoms with Crippen LogP contribution in [0.5, 0.6) is 0 Å². The van der Waals surface area contributed by atoms with Crippen molar-refractivity contribution in [3.8, 4) is 11.1 Å². The van der Waals surface area contributed by atoms with E-state index >= 15 is 0 Å². The molecule has 0 bridgehead atoms. The van der Waals surface area contributed by atoms with Crippen LogP contribution in [0.15, 0.2) is 24.3 Å². The van der Waals surface area contributed by atoms with Crippen molar-refractivity contribution in [2.75, 3.05) is 0 Å². The summed E-state index contributed by atoms with van der Waals surface area (Å²) >= 11 is 12.1. The molecule has 1 N–H and O–H groups in total. The highest BCUT2D eigenvalue weighted by Gasteiger charge is 2.16. The minimum absolute atomic E-state index is 0.213. The number of pyridine rings is 1. The van der Waals surface area contributed by atoms with Crippen LogP contribution >= 0.6 is 32.4 Å². The molecule has 2 aromatic rings. The summed E-state index contributed by atoms with van der Waals surface area (Å²) in [7, 11) is 2.45. The number of halogens is 3. The monoisotopic (exact) mass is 345 g/mol. The van der Waals surface area contributed by atoms with Crippen LogP contribution in [0, 0.1) is 5.82 Å². The fourth-order valence-corrected chi connectivity index (χ4v) is 2.86. The molecule has 0 aliphatic rings. The number of aliphatic hydroxyl groups is 1. The molecule has 21 heavy (non-hydrogen) atoms. The third-order valence-corrected chi connectivity index (χ3v) is 4.00. The van der Waals surface area contributed by atoms with Gasteiger partial charge in [-0.1, -0.05) is 35.3 Å². The molecular weight excluding hydrogens is 331 g/mol. The second kappa shape index (κ2) is 7.02. The highest BCUT2D eigenvalue weighted by Crippen LogP contribution is 2.33. The van der Waals surface area contributed by atoms with Crippen molar-refractivity contribution >= 4 is 37.7 Å². The maximum Gasteiger partial charge on any atom is 0.134 e. The summed E-state index contributed by atoms with van der Waals surface area (Å²) in [6.07, 6.45) is 0.543. The zero-order valence-corrected chi connectivity index (χ0v) is 14.1. The first-order chi connectivity index (χ1) is 9.88. The molecule has 1 heterocycles. The molecule has 2 nitrogen and oxygen atoms in total. The number of rotatable bonds is 4. The van der Waals surface area contributed by atoms with Crippen LogP contribution in [-0.4, -0.2) is 16.2 Å². The van der Waals surface area contributed by atoms with Crippen molar-refractivity contribution < 1.29 is 9.50 Å². The second-order valence-corrected chi connectivity index (χ2v) is 6.30. The lowest BCUT2D eigenvalue weighted by molar-refractivity contribution is 0.185. The molecule has 6 heteroatoms. The van der Waals surface area contributed by atoms with E-state index in [9.17, 15) is 9.50 Å². The van der Waals surface area contributed by atoms with Gasteiger partial charge in [0.05, 0.1) is 6.10 Å². The minimum atomic E-state index is -0.469. The van der Waals surface area contributed by atoms with E-state index in [2.05, 4.69) is 14.2 Å². The predicted molar refractivity (Wildman–Crippen MR) is 89.0 cm³/mol. The van der Waals surface area contributed by atoms with Crippen LogP contribution in [0.25, 0.3) is 11.1 Å². The number of nitrogens with zero attached hydrogens (tertiary/aromatic N) is 1. The van der Waals surface area contributed by atoms with Crippen molar-refractivity contribution in [1.82, 2.24) is 4.98 Å². The van der Waals surface area contributed by atoms with Crippen molar-refractivity contribution in [3.05, 3.63) is 46.0 Å². The summed E-state index contributed by atoms with van der Waals surface area (Å²) in [6.45, 7) is 1.70. The highest BCUT2D eigenvalue weighted by molar-refractivity contribution is 7.27. The number of aromatic nitrogens is 1. The Morgan fingerprint density at radius 3 is 2.62 bits per heavy atom. The summed E-state index contributed by atoms with van der Waals surface area (Å²) in [5, 5.41) is 10.7. The first-order valence-electron chi connectivity index (χ1n) is 6.47. The Balaban J connectivity index is 2.55. The van der Waals surface area contributed by atoms with E-state index in [1.807, 2.05) is 0 Å². The molecule has 112 valence electrons. The number of aliphatic hydroxyl groups excluding tert-OH is 1. The Morgan fingerprint density at radius 1 is 1.29 bits per heavy atom. The van der Waals surface area contributed by atoms with Gasteiger partial charge >= 0.3 is 0 Å². The maximum atomic E-state index is 14.2. The number of hydrogen-bond acceptors (Lipinski definition) is 2. The first-order valence-corrected chi connectivity index (χ1v) is 7.80. The van der Waals surface area contributed by atoms with Crippen molar-refractivity contribution in [2.45, 2.75) is 25.9 Å². The van der Waals surface area contributed by atoms with Gasteiger partial charge in [0.15, 0.2) is 0 Å². The lowest BCUT2D eigenvalue weighted by Gasteiger charge is -2.14. The van der Waals surface area contributed by atoms with E-state index in [4.69, 9.17) is 23.2 Å². The summed E-state index contributed by atoms with van der Waals surface area (Å²) < 4.78 is 14.2. The van der Waals surface area contributed by atoms with Gasteiger partial charge in [0.2, 0.25) is 0 Å². The Kier molecular flexibility index (Phi) is 5.56. The van der Waals surface area contributed by atoms with Crippen LogP contribution < -0.4 is 5.30 Å². The van der Waals surface area contributed by atoms with E-state index in [1.165, 1.54) is 6.07 Å². The van der Waals surface area contributed by atoms with Crippen molar-refractivity contribution in [2.24, 2.45) is 0 Å². The Bertz CT molecular complexity index is 664. The first kappa shape index (κ1) is 16.6. The molecule has 0 spiro atoms. The van der Waals surface area contributed by atoms with Gasteiger partial charge in [0.1, 0.15) is 16.1 Å². The molecular formula is C15H15Cl2FNOP. The molecule has 2 unspecified atom stereocenters.